The molecule has 128 valence electrons. The van der Waals surface area contributed by atoms with Crippen molar-refractivity contribution in [2.45, 2.75) is 6.61 Å². The quantitative estimate of drug-likeness (QED) is 0.440. The molecule has 0 fully saturated rings. The maximum absolute atomic E-state index is 12.4. The van der Waals surface area contributed by atoms with Crippen molar-refractivity contribution in [1.29, 1.82) is 0 Å². The lowest BCUT2D eigenvalue weighted by Crippen LogP contribution is -2.09. The van der Waals surface area contributed by atoms with Crippen molar-refractivity contribution in [2.24, 2.45) is 0 Å². The number of aromatic nitrogens is 3. The summed E-state index contributed by atoms with van der Waals surface area (Å²) < 4.78 is 11.1. The van der Waals surface area contributed by atoms with Gasteiger partial charge in [0.05, 0.1) is 17.3 Å². The predicted molar refractivity (Wildman–Crippen MR) is 96.1 cm³/mol. The molecule has 4 aromatic rings. The average Bonchev–Trinajstić information content (AvgIpc) is 3.17. The summed E-state index contributed by atoms with van der Waals surface area (Å²) in [6.07, 6.45) is 5.12. The Kier molecular flexibility index (Phi) is 4.30. The highest BCUT2D eigenvalue weighted by Crippen LogP contribution is 2.21. The number of esters is 1. The van der Waals surface area contributed by atoms with Crippen molar-refractivity contribution in [3.8, 4) is 11.5 Å². The zero-order valence-electron chi connectivity index (χ0n) is 13.8. The molecule has 6 nitrogen and oxygen atoms in total. The van der Waals surface area contributed by atoms with E-state index in [1.165, 1.54) is 0 Å². The van der Waals surface area contributed by atoms with Crippen molar-refractivity contribution in [3.63, 3.8) is 0 Å². The second kappa shape index (κ2) is 7.06. The molecule has 0 radical (unpaired) electrons. The molecule has 1 N–H and O–H groups in total. The molecule has 0 atom stereocenters. The van der Waals surface area contributed by atoms with Crippen LogP contribution in [0.15, 0.2) is 73.2 Å². The van der Waals surface area contributed by atoms with E-state index in [1.807, 2.05) is 18.2 Å². The van der Waals surface area contributed by atoms with Crippen molar-refractivity contribution in [2.75, 3.05) is 0 Å². The van der Waals surface area contributed by atoms with E-state index in [1.54, 1.807) is 55.0 Å². The van der Waals surface area contributed by atoms with Gasteiger partial charge in [-0.25, -0.2) is 4.79 Å². The van der Waals surface area contributed by atoms with Gasteiger partial charge in [0.15, 0.2) is 0 Å². The van der Waals surface area contributed by atoms with Crippen molar-refractivity contribution in [3.05, 3.63) is 84.3 Å². The Morgan fingerprint density at radius 3 is 2.54 bits per heavy atom. The number of para-hydroxylation sites is 1. The number of nitrogens with one attached hydrogen (secondary N) is 1. The summed E-state index contributed by atoms with van der Waals surface area (Å²) in [5, 5.41) is 7.64. The molecule has 0 aliphatic heterocycles. The molecule has 26 heavy (non-hydrogen) atoms. The van der Waals surface area contributed by atoms with E-state index < -0.39 is 5.97 Å². The van der Waals surface area contributed by atoms with E-state index in [2.05, 4.69) is 15.2 Å². The van der Waals surface area contributed by atoms with Gasteiger partial charge in [0.2, 0.25) is 0 Å². The summed E-state index contributed by atoms with van der Waals surface area (Å²) in [6.45, 7) is 0.448. The number of carbonyl (C=O) groups excluding carboxylic acids is 1. The number of nitrogens with zero attached hydrogens (tertiary/aromatic N) is 2. The van der Waals surface area contributed by atoms with Crippen LogP contribution in [0.2, 0.25) is 0 Å². The van der Waals surface area contributed by atoms with Crippen LogP contribution in [0, 0.1) is 0 Å². The number of hydrogen-bond acceptors (Lipinski definition) is 5. The summed E-state index contributed by atoms with van der Waals surface area (Å²) in [6, 6.07) is 16.1. The lowest BCUT2D eigenvalue weighted by molar-refractivity contribution is 0.0736. The lowest BCUT2D eigenvalue weighted by Gasteiger charge is -2.08. The molecule has 2 aromatic heterocycles. The predicted octanol–water partition coefficient (Wildman–Crippen LogP) is 3.76. The minimum atomic E-state index is -0.440. The molecule has 0 aliphatic rings. The molecule has 6 heteroatoms. The van der Waals surface area contributed by atoms with Gasteiger partial charge in [-0.15, -0.1) is 0 Å². The zero-order valence-corrected chi connectivity index (χ0v) is 13.8. The number of H-pyrrole nitrogens is 1. The van der Waals surface area contributed by atoms with Crippen LogP contribution in [0.1, 0.15) is 15.9 Å². The van der Waals surface area contributed by atoms with E-state index in [0.717, 1.165) is 10.9 Å². The third-order valence-corrected chi connectivity index (χ3v) is 3.89. The minimum Gasteiger partial charge on any atom is -0.489 e. The van der Waals surface area contributed by atoms with Crippen LogP contribution in [0.3, 0.4) is 0 Å². The van der Waals surface area contributed by atoms with Gasteiger partial charge < -0.3 is 9.47 Å². The number of aromatic amines is 1. The molecule has 2 heterocycles. The standard InChI is InChI=1S/C20H15N3O3/c24-20(18-3-1-2-15-12-22-23-19(15)18)26-17-6-4-16(5-7-17)25-13-14-8-10-21-11-9-14/h1-12H,13H2,(H,22,23). The third-order valence-electron chi connectivity index (χ3n) is 3.89. The Bertz CT molecular complexity index is 1030. The largest absolute Gasteiger partial charge is 0.489 e. The van der Waals surface area contributed by atoms with Gasteiger partial charge in [-0.2, -0.15) is 5.10 Å². The number of hydrogen-bond donors (Lipinski definition) is 1. The maximum Gasteiger partial charge on any atom is 0.345 e. The maximum atomic E-state index is 12.4. The number of ether oxygens (including phenoxy) is 2. The Labute approximate surface area is 149 Å². The fourth-order valence-corrected chi connectivity index (χ4v) is 2.55. The molecule has 0 saturated carbocycles. The first-order valence-corrected chi connectivity index (χ1v) is 8.06. The fraction of sp³-hybridized carbons (Fsp3) is 0.0500. The van der Waals surface area contributed by atoms with Gasteiger partial charge in [0.1, 0.15) is 18.1 Å². The van der Waals surface area contributed by atoms with Crippen LogP contribution in [-0.2, 0) is 6.61 Å². The molecule has 0 amide bonds. The third kappa shape index (κ3) is 3.39. The van der Waals surface area contributed by atoms with Crippen LogP contribution in [0.25, 0.3) is 10.9 Å². The van der Waals surface area contributed by atoms with Crippen molar-refractivity contribution in [1.82, 2.24) is 15.2 Å². The molecule has 4 rings (SSSR count). The number of rotatable bonds is 5. The summed E-state index contributed by atoms with van der Waals surface area (Å²) in [4.78, 5) is 16.4. The van der Waals surface area contributed by atoms with E-state index in [0.29, 0.717) is 29.2 Å². The van der Waals surface area contributed by atoms with Gasteiger partial charge in [0.25, 0.3) is 0 Å². The number of carbonyl (C=O) groups is 1. The first-order valence-electron chi connectivity index (χ1n) is 8.06. The number of fused-ring (bicyclic) bond motifs is 1. The highest BCUT2D eigenvalue weighted by Gasteiger charge is 2.13. The van der Waals surface area contributed by atoms with Gasteiger partial charge in [-0.3, -0.25) is 10.1 Å². The first-order chi connectivity index (χ1) is 12.8. The molecule has 0 bridgehead atoms. The molecule has 0 saturated heterocycles. The van der Waals surface area contributed by atoms with E-state index in [9.17, 15) is 4.79 Å². The number of benzene rings is 2. The average molecular weight is 345 g/mol. The topological polar surface area (TPSA) is 77.1 Å². The summed E-state index contributed by atoms with van der Waals surface area (Å²) in [5.41, 5.74) is 2.14. The second-order valence-corrected chi connectivity index (χ2v) is 5.64. The summed E-state index contributed by atoms with van der Waals surface area (Å²) in [7, 11) is 0. The summed E-state index contributed by atoms with van der Waals surface area (Å²) in [5.74, 6) is 0.699. The van der Waals surface area contributed by atoms with Crippen molar-refractivity contribution >= 4 is 16.9 Å². The molecule has 0 unspecified atom stereocenters. The van der Waals surface area contributed by atoms with Gasteiger partial charge in [-0.05, 0) is 48.0 Å². The highest BCUT2D eigenvalue weighted by atomic mass is 16.5. The van der Waals surface area contributed by atoms with Crippen LogP contribution < -0.4 is 9.47 Å². The van der Waals surface area contributed by atoms with E-state index in [4.69, 9.17) is 9.47 Å². The van der Waals surface area contributed by atoms with Crippen LogP contribution >= 0.6 is 0 Å². The highest BCUT2D eigenvalue weighted by molar-refractivity contribution is 6.03. The van der Waals surface area contributed by atoms with Gasteiger partial charge >= 0.3 is 5.97 Å². The molecular weight excluding hydrogens is 330 g/mol. The molecule has 2 aromatic carbocycles. The molecule has 0 spiro atoms. The monoisotopic (exact) mass is 345 g/mol. The van der Waals surface area contributed by atoms with Crippen LogP contribution in [0.5, 0.6) is 11.5 Å². The normalized spacial score (nSPS) is 10.6. The number of pyridine rings is 1. The Balaban J connectivity index is 1.42. The first kappa shape index (κ1) is 15.8. The van der Waals surface area contributed by atoms with Crippen LogP contribution in [0.4, 0.5) is 0 Å². The SMILES string of the molecule is O=C(Oc1ccc(OCc2ccncc2)cc1)c1cccc2cn[nH]c12. The Morgan fingerprint density at radius 1 is 0.962 bits per heavy atom. The Hall–Kier alpha value is -3.67. The van der Waals surface area contributed by atoms with E-state index in [-0.39, 0.29) is 0 Å². The second-order valence-electron chi connectivity index (χ2n) is 5.64. The van der Waals surface area contributed by atoms with Crippen molar-refractivity contribution < 1.29 is 14.3 Å². The Morgan fingerprint density at radius 2 is 1.73 bits per heavy atom. The van der Waals surface area contributed by atoms with Crippen LogP contribution in [-0.4, -0.2) is 21.2 Å². The van der Waals surface area contributed by atoms with Gasteiger partial charge in [-0.1, -0.05) is 12.1 Å². The minimum absolute atomic E-state index is 0.440. The zero-order chi connectivity index (χ0) is 17.8. The lowest BCUT2D eigenvalue weighted by atomic mass is 10.1. The van der Waals surface area contributed by atoms with Gasteiger partial charge in [0, 0.05) is 17.8 Å². The molecular formula is C20H15N3O3. The smallest absolute Gasteiger partial charge is 0.345 e. The van der Waals surface area contributed by atoms with E-state index >= 15 is 0 Å². The summed E-state index contributed by atoms with van der Waals surface area (Å²) >= 11 is 0. The fourth-order valence-electron chi connectivity index (χ4n) is 2.55. The molecule has 0 aliphatic carbocycles.